The van der Waals surface area contributed by atoms with E-state index in [-0.39, 0.29) is 16.9 Å². The number of nitrogens with one attached hydrogen (secondary N) is 1. The molecule has 92 valence electrons. The predicted octanol–water partition coefficient (Wildman–Crippen LogP) is 2.13. The summed E-state index contributed by atoms with van der Waals surface area (Å²) < 4.78 is 18.6. The minimum absolute atomic E-state index is 0.00935. The van der Waals surface area contributed by atoms with Crippen LogP contribution in [0.3, 0.4) is 0 Å². The second-order valence-corrected chi connectivity index (χ2v) is 4.13. The van der Waals surface area contributed by atoms with Gasteiger partial charge in [-0.25, -0.2) is 4.39 Å². The van der Waals surface area contributed by atoms with Gasteiger partial charge in [-0.2, -0.15) is 0 Å². The van der Waals surface area contributed by atoms with Gasteiger partial charge in [0.05, 0.1) is 16.0 Å². The average Bonchev–Trinajstić information content (AvgIpc) is 2.75. The summed E-state index contributed by atoms with van der Waals surface area (Å²) in [6.07, 6.45) is 0.613. The topological polar surface area (TPSA) is 64.4 Å². The van der Waals surface area contributed by atoms with Gasteiger partial charge in [0.15, 0.2) is 5.75 Å². The van der Waals surface area contributed by atoms with Crippen molar-refractivity contribution in [3.8, 4) is 5.75 Å². The van der Waals surface area contributed by atoms with Crippen molar-refractivity contribution in [2.45, 2.75) is 12.5 Å². The van der Waals surface area contributed by atoms with Crippen LogP contribution in [-0.2, 0) is 0 Å². The van der Waals surface area contributed by atoms with E-state index in [1.807, 2.05) is 0 Å². The number of halogens is 2. The molecule has 0 amide bonds. The van der Waals surface area contributed by atoms with Crippen LogP contribution in [0.2, 0.25) is 5.02 Å². The lowest BCUT2D eigenvalue weighted by atomic mass is 10.2. The first-order valence-electron chi connectivity index (χ1n) is 5.08. The Morgan fingerprint density at radius 1 is 1.59 bits per heavy atom. The molecule has 1 fully saturated rings. The first-order valence-corrected chi connectivity index (χ1v) is 5.46. The maximum Gasteiger partial charge on any atom is 0.313 e. The summed E-state index contributed by atoms with van der Waals surface area (Å²) in [6, 6.07) is 1.92. The van der Waals surface area contributed by atoms with Crippen LogP contribution in [-0.4, -0.2) is 24.1 Å². The molecule has 1 saturated heterocycles. The van der Waals surface area contributed by atoms with E-state index in [2.05, 4.69) is 5.32 Å². The number of rotatable bonds is 3. The quantitative estimate of drug-likeness (QED) is 0.668. The van der Waals surface area contributed by atoms with E-state index in [9.17, 15) is 14.5 Å². The predicted molar refractivity (Wildman–Crippen MR) is 60.0 cm³/mol. The highest BCUT2D eigenvalue weighted by molar-refractivity contribution is 6.31. The molecule has 0 aliphatic carbocycles. The summed E-state index contributed by atoms with van der Waals surface area (Å²) in [6.45, 7) is 1.42. The molecule has 17 heavy (non-hydrogen) atoms. The van der Waals surface area contributed by atoms with E-state index >= 15 is 0 Å². The highest BCUT2D eigenvalue weighted by Gasteiger charge is 2.23. The molecule has 7 heteroatoms. The van der Waals surface area contributed by atoms with Crippen LogP contribution >= 0.6 is 11.6 Å². The fraction of sp³-hybridized carbons (Fsp3) is 0.400. The van der Waals surface area contributed by atoms with E-state index < -0.39 is 16.4 Å². The van der Waals surface area contributed by atoms with Crippen LogP contribution in [0, 0.1) is 15.9 Å². The Bertz CT molecular complexity index is 449. The lowest BCUT2D eigenvalue weighted by Crippen LogP contribution is -2.20. The molecule has 2 rings (SSSR count). The normalized spacial score (nSPS) is 19.3. The largest absolute Gasteiger partial charge is 0.482 e. The van der Waals surface area contributed by atoms with Crippen molar-refractivity contribution in [1.82, 2.24) is 5.32 Å². The first-order chi connectivity index (χ1) is 8.08. The molecule has 0 saturated carbocycles. The highest BCUT2D eigenvalue weighted by Crippen LogP contribution is 2.33. The number of nitro benzene ring substituents is 1. The second kappa shape index (κ2) is 4.85. The second-order valence-electron chi connectivity index (χ2n) is 3.72. The van der Waals surface area contributed by atoms with E-state index in [0.29, 0.717) is 6.54 Å². The molecule has 0 spiro atoms. The molecule has 0 bridgehead atoms. The SMILES string of the molecule is O=[N+]([O-])c1cc(F)c(Cl)cc1OC1CCNC1. The fourth-order valence-corrected chi connectivity index (χ4v) is 1.82. The van der Waals surface area contributed by atoms with Gasteiger partial charge in [0.25, 0.3) is 0 Å². The number of nitro groups is 1. The van der Waals surface area contributed by atoms with Crippen LogP contribution < -0.4 is 10.1 Å². The molecule has 1 aliphatic heterocycles. The third kappa shape index (κ3) is 2.65. The third-order valence-electron chi connectivity index (χ3n) is 2.51. The molecule has 1 aliphatic rings. The van der Waals surface area contributed by atoms with Gasteiger partial charge in [0.1, 0.15) is 11.9 Å². The Hall–Kier alpha value is -1.40. The van der Waals surface area contributed by atoms with Gasteiger partial charge in [-0.15, -0.1) is 0 Å². The molecule has 1 N–H and O–H groups in total. The van der Waals surface area contributed by atoms with E-state index in [4.69, 9.17) is 16.3 Å². The molecular weight excluding hydrogens is 251 g/mol. The van der Waals surface area contributed by atoms with Crippen molar-refractivity contribution in [2.75, 3.05) is 13.1 Å². The summed E-state index contributed by atoms with van der Waals surface area (Å²) in [5.74, 6) is -0.814. The minimum Gasteiger partial charge on any atom is -0.482 e. The Morgan fingerprint density at radius 2 is 2.35 bits per heavy atom. The Morgan fingerprint density at radius 3 is 2.94 bits per heavy atom. The molecule has 0 aromatic heterocycles. The van der Waals surface area contributed by atoms with E-state index in [0.717, 1.165) is 25.1 Å². The molecule has 1 aromatic rings. The molecule has 5 nitrogen and oxygen atoms in total. The summed E-state index contributed by atoms with van der Waals surface area (Å²) in [5.41, 5.74) is -0.404. The molecule has 1 atom stereocenters. The summed E-state index contributed by atoms with van der Waals surface area (Å²) in [7, 11) is 0. The van der Waals surface area contributed by atoms with Crippen molar-refractivity contribution < 1.29 is 14.1 Å². The molecule has 1 heterocycles. The van der Waals surface area contributed by atoms with Gasteiger partial charge in [-0.1, -0.05) is 11.6 Å². The zero-order valence-electron chi connectivity index (χ0n) is 8.78. The molecule has 1 unspecified atom stereocenters. The standard InChI is InChI=1S/C10H10ClFN2O3/c11-7-3-10(17-6-1-2-13-5-6)9(14(15)16)4-8(7)12/h3-4,6,13H,1-2,5H2. The summed E-state index contributed by atoms with van der Waals surface area (Å²) in [5, 5.41) is 13.6. The molecule has 0 radical (unpaired) electrons. The number of nitrogens with zero attached hydrogens (tertiary/aromatic N) is 1. The summed E-state index contributed by atoms with van der Waals surface area (Å²) >= 11 is 5.58. The first kappa shape index (κ1) is 12.1. The van der Waals surface area contributed by atoms with Gasteiger partial charge in [0.2, 0.25) is 0 Å². The van der Waals surface area contributed by atoms with Crippen molar-refractivity contribution in [1.29, 1.82) is 0 Å². The van der Waals surface area contributed by atoms with Crippen molar-refractivity contribution in [3.05, 3.63) is 33.1 Å². The zero-order chi connectivity index (χ0) is 12.4. The Kier molecular flexibility index (Phi) is 3.44. The average molecular weight is 261 g/mol. The molecular formula is C10H10ClFN2O3. The number of ether oxygens (including phenoxy) is 1. The minimum atomic E-state index is -0.824. The lowest BCUT2D eigenvalue weighted by Gasteiger charge is -2.12. The van der Waals surface area contributed by atoms with E-state index in [1.54, 1.807) is 0 Å². The van der Waals surface area contributed by atoms with E-state index in [1.165, 1.54) is 0 Å². The van der Waals surface area contributed by atoms with Gasteiger partial charge < -0.3 is 10.1 Å². The Labute approximate surface area is 102 Å². The van der Waals surface area contributed by atoms with Crippen molar-refractivity contribution >= 4 is 17.3 Å². The summed E-state index contributed by atoms with van der Waals surface area (Å²) in [4.78, 5) is 10.1. The van der Waals surface area contributed by atoms with Crippen molar-refractivity contribution in [3.63, 3.8) is 0 Å². The van der Waals surface area contributed by atoms with Gasteiger partial charge >= 0.3 is 5.69 Å². The maximum absolute atomic E-state index is 13.1. The number of hydrogen-bond acceptors (Lipinski definition) is 4. The monoisotopic (exact) mass is 260 g/mol. The Balaban J connectivity index is 2.29. The highest BCUT2D eigenvalue weighted by atomic mass is 35.5. The number of benzene rings is 1. The van der Waals surface area contributed by atoms with Gasteiger partial charge in [-0.3, -0.25) is 10.1 Å². The lowest BCUT2D eigenvalue weighted by molar-refractivity contribution is -0.386. The van der Waals surface area contributed by atoms with Crippen LogP contribution in [0.15, 0.2) is 12.1 Å². The maximum atomic E-state index is 13.1. The third-order valence-corrected chi connectivity index (χ3v) is 2.80. The fourth-order valence-electron chi connectivity index (χ4n) is 1.66. The van der Waals surface area contributed by atoms with Crippen LogP contribution in [0.1, 0.15) is 6.42 Å². The number of hydrogen-bond donors (Lipinski definition) is 1. The molecule has 1 aromatic carbocycles. The van der Waals surface area contributed by atoms with Crippen LogP contribution in [0.25, 0.3) is 0 Å². The van der Waals surface area contributed by atoms with Crippen LogP contribution in [0.5, 0.6) is 5.75 Å². The van der Waals surface area contributed by atoms with Crippen molar-refractivity contribution in [2.24, 2.45) is 0 Å². The smallest absolute Gasteiger partial charge is 0.313 e. The zero-order valence-corrected chi connectivity index (χ0v) is 9.54. The van der Waals surface area contributed by atoms with Crippen LogP contribution in [0.4, 0.5) is 10.1 Å². The van der Waals surface area contributed by atoms with Gasteiger partial charge in [0, 0.05) is 12.6 Å². The van der Waals surface area contributed by atoms with Gasteiger partial charge in [-0.05, 0) is 13.0 Å².